The number of rotatable bonds is 3. The van der Waals surface area contributed by atoms with E-state index in [1.165, 1.54) is 6.07 Å². The summed E-state index contributed by atoms with van der Waals surface area (Å²) in [5.41, 5.74) is 0.515. The van der Waals surface area contributed by atoms with Crippen molar-refractivity contribution in [1.29, 1.82) is 0 Å². The highest BCUT2D eigenvalue weighted by molar-refractivity contribution is 7.99. The van der Waals surface area contributed by atoms with Crippen LogP contribution < -0.4 is 10.6 Å². The number of halogens is 2. The molecule has 1 fully saturated rings. The van der Waals surface area contributed by atoms with Crippen molar-refractivity contribution in [1.82, 2.24) is 10.6 Å². The van der Waals surface area contributed by atoms with Gasteiger partial charge in [-0.15, -0.1) is 24.2 Å². The maximum Gasteiger partial charge on any atom is 0.238 e. The van der Waals surface area contributed by atoms with Crippen LogP contribution in [0.1, 0.15) is 5.56 Å². The van der Waals surface area contributed by atoms with Crippen LogP contribution in [0, 0.1) is 5.82 Å². The summed E-state index contributed by atoms with van der Waals surface area (Å²) in [5, 5.41) is 5.79. The average Bonchev–Trinajstić information content (AvgIpc) is 2.81. The van der Waals surface area contributed by atoms with E-state index in [1.54, 1.807) is 30.0 Å². The number of carbonyl (C=O) groups excluding carboxylic acids is 1. The number of hydrogen-bond donors (Lipinski definition) is 2. The van der Waals surface area contributed by atoms with E-state index in [-0.39, 0.29) is 36.7 Å². The minimum absolute atomic E-state index is 0. The lowest BCUT2D eigenvalue weighted by Gasteiger charge is -2.10. The highest BCUT2D eigenvalue weighted by atomic mass is 35.5. The predicted octanol–water partition coefficient (Wildman–Crippen LogP) is 1.53. The minimum Gasteiger partial charge on any atom is -0.351 e. The van der Waals surface area contributed by atoms with Crippen molar-refractivity contribution >= 4 is 30.1 Å². The van der Waals surface area contributed by atoms with E-state index in [1.807, 2.05) is 0 Å². The zero-order valence-electron chi connectivity index (χ0n) is 9.11. The fourth-order valence-electron chi connectivity index (χ4n) is 1.51. The fraction of sp³-hybridized carbons (Fsp3) is 0.364. The number of amides is 1. The number of carbonyl (C=O) groups is 1. The summed E-state index contributed by atoms with van der Waals surface area (Å²) >= 11 is 1.69. The molecular formula is C11H14ClFN2OS. The van der Waals surface area contributed by atoms with Crippen molar-refractivity contribution in [3.05, 3.63) is 35.6 Å². The first-order valence-electron chi connectivity index (χ1n) is 5.09. The molecule has 0 saturated carbocycles. The Morgan fingerprint density at radius 1 is 1.53 bits per heavy atom. The van der Waals surface area contributed by atoms with Gasteiger partial charge in [-0.3, -0.25) is 10.1 Å². The Balaban J connectivity index is 0.00000144. The first-order valence-corrected chi connectivity index (χ1v) is 6.25. The van der Waals surface area contributed by atoms with Crippen LogP contribution in [-0.2, 0) is 11.3 Å². The molecule has 0 aliphatic carbocycles. The molecule has 2 rings (SSSR count). The Hall–Kier alpha value is -0.780. The smallest absolute Gasteiger partial charge is 0.238 e. The first kappa shape index (κ1) is 14.3. The van der Waals surface area contributed by atoms with Gasteiger partial charge < -0.3 is 5.32 Å². The monoisotopic (exact) mass is 276 g/mol. The molecule has 1 saturated heterocycles. The van der Waals surface area contributed by atoms with Crippen molar-refractivity contribution in [2.45, 2.75) is 12.6 Å². The summed E-state index contributed by atoms with van der Waals surface area (Å²) < 4.78 is 13.2. The normalized spacial score (nSPS) is 18.5. The van der Waals surface area contributed by atoms with E-state index in [4.69, 9.17) is 0 Å². The zero-order chi connectivity index (χ0) is 11.4. The maximum absolute atomic E-state index is 13.2. The second-order valence-corrected chi connectivity index (χ2v) is 4.61. The summed E-state index contributed by atoms with van der Waals surface area (Å²) in [5.74, 6) is 1.24. The minimum atomic E-state index is -0.281. The lowest BCUT2D eigenvalue weighted by atomic mass is 10.2. The van der Waals surface area contributed by atoms with Gasteiger partial charge in [-0.05, 0) is 6.07 Å². The topological polar surface area (TPSA) is 41.1 Å². The molecule has 1 aromatic rings. The van der Waals surface area contributed by atoms with Gasteiger partial charge in [0.05, 0.1) is 6.04 Å². The molecule has 1 aliphatic heterocycles. The molecule has 1 heterocycles. The molecule has 1 amide bonds. The third kappa shape index (κ3) is 3.87. The van der Waals surface area contributed by atoms with Crippen LogP contribution in [0.3, 0.4) is 0 Å². The fourth-order valence-corrected chi connectivity index (χ4v) is 2.45. The van der Waals surface area contributed by atoms with E-state index in [2.05, 4.69) is 10.6 Å². The van der Waals surface area contributed by atoms with Crippen molar-refractivity contribution in [2.75, 3.05) is 11.6 Å². The van der Waals surface area contributed by atoms with Gasteiger partial charge in [0.1, 0.15) is 5.82 Å². The Kier molecular flexibility index (Phi) is 5.74. The van der Waals surface area contributed by atoms with Crippen LogP contribution in [0.25, 0.3) is 0 Å². The summed E-state index contributed by atoms with van der Waals surface area (Å²) in [6.45, 7) is 0.244. The molecule has 1 aliphatic rings. The van der Waals surface area contributed by atoms with Gasteiger partial charge in [0.15, 0.2) is 0 Å². The van der Waals surface area contributed by atoms with Crippen LogP contribution in [0.4, 0.5) is 4.39 Å². The lowest BCUT2D eigenvalue weighted by Crippen LogP contribution is -2.41. The second-order valence-electron chi connectivity index (χ2n) is 3.58. The molecule has 0 bridgehead atoms. The van der Waals surface area contributed by atoms with Crippen LogP contribution >= 0.6 is 24.2 Å². The number of hydrogen-bond acceptors (Lipinski definition) is 3. The summed E-state index contributed by atoms with van der Waals surface area (Å²) in [6.07, 6.45) is 0. The molecule has 94 valence electrons. The van der Waals surface area contributed by atoms with Gasteiger partial charge in [0.25, 0.3) is 0 Å². The van der Waals surface area contributed by atoms with E-state index < -0.39 is 0 Å². The van der Waals surface area contributed by atoms with Gasteiger partial charge in [-0.2, -0.15) is 0 Å². The largest absolute Gasteiger partial charge is 0.351 e. The molecule has 0 radical (unpaired) electrons. The van der Waals surface area contributed by atoms with Gasteiger partial charge in [0, 0.05) is 23.7 Å². The number of nitrogens with one attached hydrogen (secondary N) is 2. The highest BCUT2D eigenvalue weighted by Gasteiger charge is 2.22. The van der Waals surface area contributed by atoms with Crippen LogP contribution in [0.5, 0.6) is 0 Å². The quantitative estimate of drug-likeness (QED) is 0.880. The van der Waals surface area contributed by atoms with Crippen molar-refractivity contribution in [3.63, 3.8) is 0 Å². The molecule has 0 spiro atoms. The van der Waals surface area contributed by atoms with E-state index in [0.29, 0.717) is 5.56 Å². The van der Waals surface area contributed by atoms with Crippen LogP contribution in [0.2, 0.25) is 0 Å². The van der Waals surface area contributed by atoms with Crippen molar-refractivity contribution in [2.24, 2.45) is 0 Å². The third-order valence-electron chi connectivity index (χ3n) is 2.44. The number of benzene rings is 1. The zero-order valence-corrected chi connectivity index (χ0v) is 10.7. The summed E-state index contributed by atoms with van der Waals surface area (Å²) in [4.78, 5) is 11.6. The average molecular weight is 277 g/mol. The van der Waals surface area contributed by atoms with E-state index in [0.717, 1.165) is 11.6 Å². The Bertz CT molecular complexity index is 385. The molecule has 1 atom stereocenters. The summed E-state index contributed by atoms with van der Waals surface area (Å²) in [6, 6.07) is 6.32. The highest BCUT2D eigenvalue weighted by Crippen LogP contribution is 2.10. The molecule has 3 nitrogen and oxygen atoms in total. The second kappa shape index (κ2) is 6.83. The summed E-state index contributed by atoms with van der Waals surface area (Å²) in [7, 11) is 0. The molecule has 6 heteroatoms. The maximum atomic E-state index is 13.2. The molecule has 1 aromatic carbocycles. The Labute approximate surface area is 110 Å². The predicted molar refractivity (Wildman–Crippen MR) is 69.7 cm³/mol. The molecular weight excluding hydrogens is 263 g/mol. The number of thioether (sulfide) groups is 1. The SMILES string of the molecule is Cl.O=C(NCc1ccccc1F)C1CSCN1. The molecule has 0 aromatic heterocycles. The van der Waals surface area contributed by atoms with Gasteiger partial charge in [0.2, 0.25) is 5.91 Å². The van der Waals surface area contributed by atoms with Gasteiger partial charge in [-0.1, -0.05) is 18.2 Å². The van der Waals surface area contributed by atoms with Crippen LogP contribution in [0.15, 0.2) is 24.3 Å². The van der Waals surface area contributed by atoms with Crippen LogP contribution in [-0.4, -0.2) is 23.6 Å². The molecule has 2 N–H and O–H groups in total. The van der Waals surface area contributed by atoms with Crippen molar-refractivity contribution in [3.8, 4) is 0 Å². The molecule has 17 heavy (non-hydrogen) atoms. The van der Waals surface area contributed by atoms with Crippen molar-refractivity contribution < 1.29 is 9.18 Å². The van der Waals surface area contributed by atoms with Gasteiger partial charge >= 0.3 is 0 Å². The first-order chi connectivity index (χ1) is 7.77. The Morgan fingerprint density at radius 3 is 2.94 bits per heavy atom. The Morgan fingerprint density at radius 2 is 2.29 bits per heavy atom. The third-order valence-corrected chi connectivity index (χ3v) is 3.38. The van der Waals surface area contributed by atoms with E-state index in [9.17, 15) is 9.18 Å². The standard InChI is InChI=1S/C11H13FN2OS.ClH/c12-9-4-2-1-3-8(9)5-13-11(15)10-6-16-7-14-10;/h1-4,10,14H,5-7H2,(H,13,15);1H. The lowest BCUT2D eigenvalue weighted by molar-refractivity contribution is -0.122. The van der Waals surface area contributed by atoms with E-state index >= 15 is 0 Å². The van der Waals surface area contributed by atoms with Gasteiger partial charge in [-0.25, -0.2) is 4.39 Å². The molecule has 1 unspecified atom stereocenters.